The van der Waals surface area contributed by atoms with Gasteiger partial charge in [0.05, 0.1) is 0 Å². The molecular formula is C15H20N2S. The van der Waals surface area contributed by atoms with Crippen molar-refractivity contribution in [1.29, 1.82) is 0 Å². The van der Waals surface area contributed by atoms with Gasteiger partial charge in [0.25, 0.3) is 0 Å². The van der Waals surface area contributed by atoms with Gasteiger partial charge in [-0.05, 0) is 31.4 Å². The lowest BCUT2D eigenvalue weighted by molar-refractivity contribution is 0.687. The maximum atomic E-state index is 4.41. The Balaban J connectivity index is 1.88. The molecule has 0 aliphatic heterocycles. The lowest BCUT2D eigenvalue weighted by Gasteiger charge is -2.07. The number of aromatic nitrogens is 1. The molecule has 1 aromatic heterocycles. The standard InChI is InChI=1S/C15H20N2S/c1-4-14-9-17-15(18-14)10-16-8-13-6-5-11(2)7-12(13)3/h5-7,9,16H,4,8,10H2,1-3H3. The molecule has 0 fully saturated rings. The van der Waals surface area contributed by atoms with Gasteiger partial charge >= 0.3 is 0 Å². The highest BCUT2D eigenvalue weighted by atomic mass is 32.1. The molecule has 0 atom stereocenters. The van der Waals surface area contributed by atoms with Crippen molar-refractivity contribution >= 4 is 11.3 Å². The number of benzene rings is 1. The number of nitrogens with zero attached hydrogens (tertiary/aromatic N) is 1. The normalized spacial score (nSPS) is 10.8. The van der Waals surface area contributed by atoms with Crippen LogP contribution in [0.5, 0.6) is 0 Å². The van der Waals surface area contributed by atoms with Crippen LogP contribution in [0.15, 0.2) is 24.4 Å². The molecular weight excluding hydrogens is 240 g/mol. The van der Waals surface area contributed by atoms with E-state index in [1.54, 1.807) is 11.3 Å². The van der Waals surface area contributed by atoms with Crippen molar-refractivity contribution < 1.29 is 0 Å². The minimum absolute atomic E-state index is 0.859. The second-order valence-corrected chi connectivity index (χ2v) is 5.81. The first-order chi connectivity index (χ1) is 8.69. The van der Waals surface area contributed by atoms with E-state index in [9.17, 15) is 0 Å². The smallest absolute Gasteiger partial charge is 0.107 e. The molecule has 0 saturated heterocycles. The van der Waals surface area contributed by atoms with Crippen LogP contribution in [0.1, 0.15) is 33.5 Å². The van der Waals surface area contributed by atoms with Gasteiger partial charge in [-0.3, -0.25) is 0 Å². The molecule has 2 rings (SSSR count). The third-order valence-corrected chi connectivity index (χ3v) is 4.18. The Morgan fingerprint density at radius 1 is 1.22 bits per heavy atom. The molecule has 1 heterocycles. The van der Waals surface area contributed by atoms with Gasteiger partial charge in [-0.15, -0.1) is 11.3 Å². The Bertz CT molecular complexity index is 517. The summed E-state index contributed by atoms with van der Waals surface area (Å²) < 4.78 is 0. The molecule has 96 valence electrons. The highest BCUT2D eigenvalue weighted by Gasteiger charge is 2.01. The molecule has 0 amide bonds. The fraction of sp³-hybridized carbons (Fsp3) is 0.400. The number of thiazole rings is 1. The summed E-state index contributed by atoms with van der Waals surface area (Å²) in [7, 11) is 0. The minimum Gasteiger partial charge on any atom is -0.306 e. The largest absolute Gasteiger partial charge is 0.306 e. The van der Waals surface area contributed by atoms with Crippen LogP contribution in [-0.4, -0.2) is 4.98 Å². The summed E-state index contributed by atoms with van der Waals surface area (Å²) in [6.45, 7) is 8.24. The van der Waals surface area contributed by atoms with E-state index < -0.39 is 0 Å². The highest BCUT2D eigenvalue weighted by Crippen LogP contribution is 2.14. The van der Waals surface area contributed by atoms with Gasteiger partial charge < -0.3 is 5.32 Å². The summed E-state index contributed by atoms with van der Waals surface area (Å²) >= 11 is 1.80. The zero-order chi connectivity index (χ0) is 13.0. The van der Waals surface area contributed by atoms with Crippen molar-refractivity contribution in [3.8, 4) is 0 Å². The molecule has 18 heavy (non-hydrogen) atoms. The van der Waals surface area contributed by atoms with E-state index in [4.69, 9.17) is 0 Å². The van der Waals surface area contributed by atoms with Crippen LogP contribution in [0.2, 0.25) is 0 Å². The minimum atomic E-state index is 0.859. The molecule has 0 spiro atoms. The summed E-state index contributed by atoms with van der Waals surface area (Å²) in [5.41, 5.74) is 4.05. The number of hydrogen-bond donors (Lipinski definition) is 1. The number of aryl methyl sites for hydroxylation is 3. The summed E-state index contributed by atoms with van der Waals surface area (Å²) in [4.78, 5) is 5.77. The Labute approximate surface area is 113 Å². The number of hydrogen-bond acceptors (Lipinski definition) is 3. The van der Waals surface area contributed by atoms with Crippen molar-refractivity contribution in [3.63, 3.8) is 0 Å². The van der Waals surface area contributed by atoms with E-state index in [0.717, 1.165) is 19.5 Å². The predicted molar refractivity (Wildman–Crippen MR) is 78.0 cm³/mol. The van der Waals surface area contributed by atoms with E-state index >= 15 is 0 Å². The van der Waals surface area contributed by atoms with Crippen LogP contribution in [0.4, 0.5) is 0 Å². The van der Waals surface area contributed by atoms with Gasteiger partial charge in [0.15, 0.2) is 0 Å². The zero-order valence-corrected chi connectivity index (χ0v) is 12.1. The van der Waals surface area contributed by atoms with Gasteiger partial charge in [0.2, 0.25) is 0 Å². The van der Waals surface area contributed by atoms with Gasteiger partial charge in [0.1, 0.15) is 5.01 Å². The Hall–Kier alpha value is -1.19. The number of rotatable bonds is 5. The van der Waals surface area contributed by atoms with Crippen molar-refractivity contribution in [1.82, 2.24) is 10.3 Å². The van der Waals surface area contributed by atoms with E-state index in [-0.39, 0.29) is 0 Å². The number of nitrogens with one attached hydrogen (secondary N) is 1. The van der Waals surface area contributed by atoms with E-state index in [2.05, 4.69) is 49.3 Å². The molecule has 0 bridgehead atoms. The first kappa shape index (κ1) is 13.2. The monoisotopic (exact) mass is 260 g/mol. The van der Waals surface area contributed by atoms with Crippen molar-refractivity contribution in [2.45, 2.75) is 40.3 Å². The Morgan fingerprint density at radius 2 is 2.06 bits per heavy atom. The maximum absolute atomic E-state index is 4.41. The first-order valence-corrected chi connectivity index (χ1v) is 7.21. The Kier molecular flexibility index (Phi) is 4.50. The van der Waals surface area contributed by atoms with E-state index in [0.29, 0.717) is 0 Å². The summed E-state index contributed by atoms with van der Waals surface area (Å²) in [5.74, 6) is 0. The van der Waals surface area contributed by atoms with Crippen molar-refractivity contribution in [3.05, 3.63) is 51.0 Å². The fourth-order valence-electron chi connectivity index (χ4n) is 1.94. The van der Waals surface area contributed by atoms with E-state index in [1.807, 2.05) is 6.20 Å². The molecule has 1 N–H and O–H groups in total. The van der Waals surface area contributed by atoms with Gasteiger partial charge in [0, 0.05) is 24.2 Å². The summed E-state index contributed by atoms with van der Waals surface area (Å²) in [6, 6.07) is 6.61. The van der Waals surface area contributed by atoms with Gasteiger partial charge in [-0.1, -0.05) is 30.7 Å². The molecule has 0 aliphatic carbocycles. The zero-order valence-electron chi connectivity index (χ0n) is 11.3. The van der Waals surface area contributed by atoms with Crippen LogP contribution in [0, 0.1) is 13.8 Å². The molecule has 0 radical (unpaired) electrons. The second-order valence-electron chi connectivity index (χ2n) is 4.61. The lowest BCUT2D eigenvalue weighted by Crippen LogP contribution is -2.13. The predicted octanol–water partition coefficient (Wildman–Crippen LogP) is 3.61. The molecule has 1 aromatic carbocycles. The van der Waals surface area contributed by atoms with Crippen molar-refractivity contribution in [2.24, 2.45) is 0 Å². The third kappa shape index (κ3) is 3.40. The van der Waals surface area contributed by atoms with Crippen LogP contribution < -0.4 is 5.32 Å². The maximum Gasteiger partial charge on any atom is 0.107 e. The van der Waals surface area contributed by atoms with Crippen LogP contribution >= 0.6 is 11.3 Å². The summed E-state index contributed by atoms with van der Waals surface area (Å²) in [6.07, 6.45) is 3.06. The first-order valence-electron chi connectivity index (χ1n) is 6.39. The van der Waals surface area contributed by atoms with E-state index in [1.165, 1.54) is 26.6 Å². The molecule has 2 aromatic rings. The average Bonchev–Trinajstić information content (AvgIpc) is 2.80. The SMILES string of the molecule is CCc1cnc(CNCc2ccc(C)cc2C)s1. The topological polar surface area (TPSA) is 24.9 Å². The quantitative estimate of drug-likeness (QED) is 0.888. The molecule has 0 unspecified atom stereocenters. The van der Waals surface area contributed by atoms with Crippen LogP contribution in [-0.2, 0) is 19.5 Å². The fourth-order valence-corrected chi connectivity index (χ4v) is 2.77. The van der Waals surface area contributed by atoms with Crippen molar-refractivity contribution in [2.75, 3.05) is 0 Å². The van der Waals surface area contributed by atoms with Crippen LogP contribution in [0.25, 0.3) is 0 Å². The van der Waals surface area contributed by atoms with Crippen LogP contribution in [0.3, 0.4) is 0 Å². The van der Waals surface area contributed by atoms with Gasteiger partial charge in [-0.25, -0.2) is 4.98 Å². The third-order valence-electron chi connectivity index (χ3n) is 3.04. The Morgan fingerprint density at radius 3 is 2.72 bits per heavy atom. The molecule has 2 nitrogen and oxygen atoms in total. The summed E-state index contributed by atoms with van der Waals surface area (Å²) in [5, 5.41) is 4.64. The molecule has 0 saturated carbocycles. The highest BCUT2D eigenvalue weighted by molar-refractivity contribution is 7.11. The lowest BCUT2D eigenvalue weighted by atomic mass is 10.1. The molecule has 3 heteroatoms. The second kappa shape index (κ2) is 6.12. The van der Waals surface area contributed by atoms with Gasteiger partial charge in [-0.2, -0.15) is 0 Å². The average molecular weight is 260 g/mol. The molecule has 0 aliphatic rings.